The van der Waals surface area contributed by atoms with Gasteiger partial charge in [-0.1, -0.05) is 29.8 Å². The zero-order valence-corrected chi connectivity index (χ0v) is 16.1. The van der Waals surface area contributed by atoms with Crippen LogP contribution in [0.5, 0.6) is 0 Å². The Morgan fingerprint density at radius 1 is 1.14 bits per heavy atom. The van der Waals surface area contributed by atoms with Crippen molar-refractivity contribution in [1.82, 2.24) is 9.55 Å². The molecule has 0 bridgehead atoms. The molecule has 5 nitrogen and oxygen atoms in total. The van der Waals surface area contributed by atoms with E-state index in [2.05, 4.69) is 10.3 Å². The number of benzene rings is 2. The Morgan fingerprint density at radius 3 is 2.61 bits per heavy atom. The first-order valence-corrected chi connectivity index (χ1v) is 8.81. The lowest BCUT2D eigenvalue weighted by Crippen LogP contribution is -2.20. The van der Waals surface area contributed by atoms with Crippen molar-refractivity contribution in [3.8, 4) is 0 Å². The zero-order valence-electron chi connectivity index (χ0n) is 15.3. The van der Waals surface area contributed by atoms with Crippen molar-refractivity contribution in [2.24, 2.45) is 0 Å². The molecule has 28 heavy (non-hydrogen) atoms. The number of anilines is 2. The van der Waals surface area contributed by atoms with Gasteiger partial charge in [-0.3, -0.25) is 4.79 Å². The van der Waals surface area contributed by atoms with E-state index in [1.54, 1.807) is 7.11 Å². The van der Waals surface area contributed by atoms with Crippen LogP contribution in [0.15, 0.2) is 47.4 Å². The van der Waals surface area contributed by atoms with Gasteiger partial charge >= 0.3 is 5.56 Å². The maximum absolute atomic E-state index is 13.9. The minimum atomic E-state index is -0.983. The normalized spacial score (nSPS) is 10.9. The summed E-state index contributed by atoms with van der Waals surface area (Å²) in [7, 11) is 1.60. The standard InChI is InChI=1S/C20H18ClF2N3O2/c1-12-3-4-14(11-28-2)8-18(12)24-20-25-19(27)17(23)10-26(20)9-13-5-6-16(22)15(21)7-13/h3-8,10H,9,11H2,1-2H3,(H,24,25,27). The van der Waals surface area contributed by atoms with Gasteiger partial charge in [-0.2, -0.15) is 9.37 Å². The number of nitrogens with zero attached hydrogens (tertiary/aromatic N) is 2. The van der Waals surface area contributed by atoms with Crippen molar-refractivity contribution in [3.63, 3.8) is 0 Å². The Labute approximate surface area is 165 Å². The van der Waals surface area contributed by atoms with Crippen molar-refractivity contribution < 1.29 is 13.5 Å². The van der Waals surface area contributed by atoms with E-state index in [0.29, 0.717) is 17.9 Å². The van der Waals surface area contributed by atoms with Crippen LogP contribution in [0.4, 0.5) is 20.4 Å². The van der Waals surface area contributed by atoms with Crippen molar-refractivity contribution in [2.75, 3.05) is 12.4 Å². The molecule has 1 heterocycles. The van der Waals surface area contributed by atoms with E-state index < -0.39 is 17.2 Å². The van der Waals surface area contributed by atoms with Crippen LogP contribution in [0.25, 0.3) is 0 Å². The van der Waals surface area contributed by atoms with E-state index in [0.717, 1.165) is 17.3 Å². The Morgan fingerprint density at radius 2 is 1.89 bits per heavy atom. The fourth-order valence-corrected chi connectivity index (χ4v) is 2.91. The molecule has 146 valence electrons. The largest absolute Gasteiger partial charge is 0.380 e. The Bertz CT molecular complexity index is 1070. The molecular weight excluding hydrogens is 388 g/mol. The van der Waals surface area contributed by atoms with Gasteiger partial charge in [0.15, 0.2) is 0 Å². The van der Waals surface area contributed by atoms with Gasteiger partial charge < -0.3 is 14.6 Å². The van der Waals surface area contributed by atoms with Crippen LogP contribution in [0.3, 0.4) is 0 Å². The summed E-state index contributed by atoms with van der Waals surface area (Å²) in [6, 6.07) is 9.91. The average Bonchev–Trinajstić information content (AvgIpc) is 2.65. The summed E-state index contributed by atoms with van der Waals surface area (Å²) >= 11 is 5.82. The van der Waals surface area contributed by atoms with Crippen molar-refractivity contribution >= 4 is 23.2 Å². The number of hydrogen-bond donors (Lipinski definition) is 1. The van der Waals surface area contributed by atoms with Gasteiger partial charge in [-0.15, -0.1) is 0 Å². The van der Waals surface area contributed by atoms with Gasteiger partial charge in [0.05, 0.1) is 18.2 Å². The molecule has 0 unspecified atom stereocenters. The Balaban J connectivity index is 1.99. The molecule has 3 aromatic rings. The second-order valence-corrected chi connectivity index (χ2v) is 6.71. The van der Waals surface area contributed by atoms with Crippen molar-refractivity contribution in [3.05, 3.63) is 86.3 Å². The van der Waals surface area contributed by atoms with E-state index in [-0.39, 0.29) is 17.5 Å². The molecule has 3 rings (SSSR count). The molecule has 0 amide bonds. The second kappa shape index (κ2) is 8.50. The smallest absolute Gasteiger partial charge is 0.310 e. The number of rotatable bonds is 6. The van der Waals surface area contributed by atoms with Gasteiger partial charge in [-0.05, 0) is 41.8 Å². The predicted octanol–water partition coefficient (Wildman–Crippen LogP) is 4.42. The number of halogens is 3. The molecule has 0 atom stereocenters. The molecule has 0 saturated heterocycles. The Kier molecular flexibility index (Phi) is 6.06. The first-order valence-electron chi connectivity index (χ1n) is 8.44. The fraction of sp³-hybridized carbons (Fsp3) is 0.200. The van der Waals surface area contributed by atoms with Gasteiger partial charge in [0.25, 0.3) is 0 Å². The number of ether oxygens (including phenoxy) is 1. The molecule has 0 saturated carbocycles. The summed E-state index contributed by atoms with van der Waals surface area (Å²) < 4.78 is 33.8. The summed E-state index contributed by atoms with van der Waals surface area (Å²) in [6.45, 7) is 2.46. The van der Waals surface area contributed by atoms with Gasteiger partial charge in [0.1, 0.15) is 5.82 Å². The molecule has 0 fully saturated rings. The Hall–Kier alpha value is -2.77. The van der Waals surface area contributed by atoms with Crippen LogP contribution in [0.1, 0.15) is 16.7 Å². The first-order chi connectivity index (χ1) is 13.4. The van der Waals surface area contributed by atoms with Crippen LogP contribution >= 0.6 is 11.6 Å². The monoisotopic (exact) mass is 405 g/mol. The van der Waals surface area contributed by atoms with Crippen LogP contribution in [0, 0.1) is 18.6 Å². The summed E-state index contributed by atoms with van der Waals surface area (Å²) in [5.41, 5.74) is 2.21. The van der Waals surface area contributed by atoms with Crippen LogP contribution in [-0.4, -0.2) is 16.7 Å². The van der Waals surface area contributed by atoms with Crippen LogP contribution < -0.4 is 10.9 Å². The first kappa shape index (κ1) is 20.0. The number of aromatic nitrogens is 2. The quantitative estimate of drug-likeness (QED) is 0.659. The predicted molar refractivity (Wildman–Crippen MR) is 104 cm³/mol. The van der Waals surface area contributed by atoms with Crippen molar-refractivity contribution in [2.45, 2.75) is 20.1 Å². The van der Waals surface area contributed by atoms with Gasteiger partial charge in [0, 0.05) is 19.0 Å². The number of hydrogen-bond acceptors (Lipinski definition) is 4. The third-order valence-electron chi connectivity index (χ3n) is 4.15. The highest BCUT2D eigenvalue weighted by atomic mass is 35.5. The lowest BCUT2D eigenvalue weighted by molar-refractivity contribution is 0.185. The molecule has 8 heteroatoms. The summed E-state index contributed by atoms with van der Waals surface area (Å²) in [6.07, 6.45) is 1.06. The summed E-state index contributed by atoms with van der Waals surface area (Å²) in [4.78, 5) is 15.6. The average molecular weight is 406 g/mol. The SMILES string of the molecule is COCc1ccc(C)c(Nc2nc(=O)c(F)cn2Cc2ccc(F)c(Cl)c2)c1. The van der Waals surface area contributed by atoms with Crippen LogP contribution in [-0.2, 0) is 17.9 Å². The van der Waals surface area contributed by atoms with Crippen LogP contribution in [0.2, 0.25) is 5.02 Å². The van der Waals surface area contributed by atoms with E-state index >= 15 is 0 Å². The number of nitrogens with one attached hydrogen (secondary N) is 1. The van der Waals surface area contributed by atoms with E-state index in [1.165, 1.54) is 22.8 Å². The third kappa shape index (κ3) is 4.55. The maximum Gasteiger partial charge on any atom is 0.310 e. The zero-order chi connectivity index (χ0) is 20.3. The summed E-state index contributed by atoms with van der Waals surface area (Å²) in [5, 5.41) is 3.04. The third-order valence-corrected chi connectivity index (χ3v) is 4.44. The molecule has 0 aliphatic rings. The van der Waals surface area contributed by atoms with Gasteiger partial charge in [0.2, 0.25) is 11.8 Å². The number of aryl methyl sites for hydroxylation is 1. The van der Waals surface area contributed by atoms with Gasteiger partial charge in [-0.25, -0.2) is 4.39 Å². The molecule has 2 aromatic carbocycles. The molecule has 1 aromatic heterocycles. The lowest BCUT2D eigenvalue weighted by atomic mass is 10.1. The molecule has 0 radical (unpaired) electrons. The fourth-order valence-electron chi connectivity index (χ4n) is 2.70. The highest BCUT2D eigenvalue weighted by molar-refractivity contribution is 6.30. The maximum atomic E-state index is 13.9. The molecule has 0 aliphatic carbocycles. The highest BCUT2D eigenvalue weighted by Gasteiger charge is 2.12. The van der Waals surface area contributed by atoms with E-state index in [4.69, 9.17) is 16.3 Å². The molecule has 0 aliphatic heterocycles. The molecular formula is C20H18ClF2N3O2. The lowest BCUT2D eigenvalue weighted by Gasteiger charge is -2.16. The minimum absolute atomic E-state index is 0.0374. The van der Waals surface area contributed by atoms with Crippen molar-refractivity contribution in [1.29, 1.82) is 0 Å². The molecule has 0 spiro atoms. The molecule has 1 N–H and O–H groups in total. The minimum Gasteiger partial charge on any atom is -0.380 e. The van der Waals surface area contributed by atoms with E-state index in [9.17, 15) is 13.6 Å². The topological polar surface area (TPSA) is 56.1 Å². The highest BCUT2D eigenvalue weighted by Crippen LogP contribution is 2.22. The number of methoxy groups -OCH3 is 1. The van der Waals surface area contributed by atoms with E-state index in [1.807, 2.05) is 25.1 Å². The second-order valence-electron chi connectivity index (χ2n) is 6.30. The summed E-state index contributed by atoms with van der Waals surface area (Å²) in [5.74, 6) is -1.37.